The van der Waals surface area contributed by atoms with Crippen LogP contribution >= 0.6 is 0 Å². The van der Waals surface area contributed by atoms with Crippen LogP contribution in [0, 0.1) is 0 Å². The molecule has 0 aliphatic heterocycles. The summed E-state index contributed by atoms with van der Waals surface area (Å²) in [4.78, 5) is 36.2. The number of hydrogen-bond acceptors (Lipinski definition) is 3. The van der Waals surface area contributed by atoms with E-state index in [1.807, 2.05) is 37.3 Å². The number of nitrogens with two attached hydrogens (primary N) is 1. The molecule has 3 aromatic rings. The first-order chi connectivity index (χ1) is 13.9. The van der Waals surface area contributed by atoms with Gasteiger partial charge < -0.3 is 16.2 Å². The standard InChI is InChI=1S/C23H20N2O4/c1-14(15-7-3-2-4-8-15)25-22(27)17-11-16(12-18(13-17)23(28)29)19-9-5-6-10-20(19)21(24)26/h2-14H,1H3,(H2,24,26)(H,25,27)(H,28,29)/t14-/m1/s1. The summed E-state index contributed by atoms with van der Waals surface area (Å²) in [6, 6.07) is 20.1. The number of benzene rings is 3. The lowest BCUT2D eigenvalue weighted by Crippen LogP contribution is -2.27. The third kappa shape index (κ3) is 4.50. The lowest BCUT2D eigenvalue weighted by Gasteiger charge is -2.16. The Hall–Kier alpha value is -3.93. The summed E-state index contributed by atoms with van der Waals surface area (Å²) in [6.45, 7) is 1.84. The van der Waals surface area contributed by atoms with E-state index in [4.69, 9.17) is 5.73 Å². The normalized spacial score (nSPS) is 11.5. The third-order valence-electron chi connectivity index (χ3n) is 4.59. The summed E-state index contributed by atoms with van der Waals surface area (Å²) >= 11 is 0. The largest absolute Gasteiger partial charge is 0.478 e. The van der Waals surface area contributed by atoms with Crippen molar-refractivity contribution in [1.29, 1.82) is 0 Å². The zero-order chi connectivity index (χ0) is 21.0. The second kappa shape index (κ2) is 8.39. The van der Waals surface area contributed by atoms with Crippen molar-refractivity contribution in [1.82, 2.24) is 5.32 Å². The Morgan fingerprint density at radius 1 is 0.897 bits per heavy atom. The van der Waals surface area contributed by atoms with Gasteiger partial charge in [-0.1, -0.05) is 48.5 Å². The van der Waals surface area contributed by atoms with Crippen molar-refractivity contribution in [3.63, 3.8) is 0 Å². The summed E-state index contributed by atoms with van der Waals surface area (Å²) in [5.74, 6) is -2.22. The SMILES string of the molecule is C[C@@H](NC(=O)c1cc(C(=O)O)cc(-c2ccccc2C(N)=O)c1)c1ccccc1. The molecule has 3 rings (SSSR count). The van der Waals surface area contributed by atoms with E-state index in [0.29, 0.717) is 11.1 Å². The molecular formula is C23H20N2O4. The summed E-state index contributed by atoms with van der Waals surface area (Å²) in [6.07, 6.45) is 0. The Balaban J connectivity index is 2.01. The van der Waals surface area contributed by atoms with Gasteiger partial charge in [0, 0.05) is 11.1 Å². The number of amides is 2. The van der Waals surface area contributed by atoms with Gasteiger partial charge in [0.25, 0.3) is 5.91 Å². The fourth-order valence-corrected chi connectivity index (χ4v) is 3.09. The van der Waals surface area contributed by atoms with Crippen LogP contribution in [0.2, 0.25) is 0 Å². The topological polar surface area (TPSA) is 109 Å². The zero-order valence-corrected chi connectivity index (χ0v) is 15.8. The van der Waals surface area contributed by atoms with Crippen molar-refractivity contribution in [3.8, 4) is 11.1 Å². The molecule has 0 aliphatic rings. The van der Waals surface area contributed by atoms with Crippen LogP contribution in [0.4, 0.5) is 0 Å². The van der Waals surface area contributed by atoms with Gasteiger partial charge in [0.15, 0.2) is 0 Å². The molecule has 3 aromatic carbocycles. The van der Waals surface area contributed by atoms with Crippen molar-refractivity contribution in [2.75, 3.05) is 0 Å². The van der Waals surface area contributed by atoms with E-state index in [0.717, 1.165) is 5.56 Å². The van der Waals surface area contributed by atoms with Crippen LogP contribution in [0.3, 0.4) is 0 Å². The number of nitrogens with one attached hydrogen (secondary N) is 1. The molecule has 1 atom stereocenters. The first-order valence-electron chi connectivity index (χ1n) is 9.00. The van der Waals surface area contributed by atoms with Gasteiger partial charge in [-0.3, -0.25) is 9.59 Å². The number of carboxylic acid groups (broad SMARTS) is 1. The van der Waals surface area contributed by atoms with Crippen LogP contribution in [0.15, 0.2) is 72.8 Å². The quantitative estimate of drug-likeness (QED) is 0.599. The van der Waals surface area contributed by atoms with Gasteiger partial charge in [0.05, 0.1) is 11.6 Å². The van der Waals surface area contributed by atoms with Gasteiger partial charge in [-0.25, -0.2) is 4.79 Å². The van der Waals surface area contributed by atoms with Crippen LogP contribution in [0.5, 0.6) is 0 Å². The molecule has 2 amide bonds. The van der Waals surface area contributed by atoms with Gasteiger partial charge in [-0.2, -0.15) is 0 Å². The average molecular weight is 388 g/mol. The zero-order valence-electron chi connectivity index (χ0n) is 15.8. The number of carboxylic acids is 1. The summed E-state index contributed by atoms with van der Waals surface area (Å²) in [5, 5.41) is 12.3. The van der Waals surface area contributed by atoms with E-state index in [9.17, 15) is 19.5 Å². The van der Waals surface area contributed by atoms with Gasteiger partial charge in [-0.15, -0.1) is 0 Å². The predicted octanol–water partition coefficient (Wildman–Crippen LogP) is 3.64. The number of primary amides is 1. The maximum absolute atomic E-state index is 12.8. The maximum Gasteiger partial charge on any atom is 0.335 e. The Kier molecular flexibility index (Phi) is 5.74. The van der Waals surface area contributed by atoms with Gasteiger partial charge in [-0.05, 0) is 47.9 Å². The van der Waals surface area contributed by atoms with E-state index >= 15 is 0 Å². The fourth-order valence-electron chi connectivity index (χ4n) is 3.09. The molecule has 0 bridgehead atoms. The maximum atomic E-state index is 12.8. The van der Waals surface area contributed by atoms with Crippen LogP contribution in [-0.2, 0) is 0 Å². The van der Waals surface area contributed by atoms with Crippen molar-refractivity contribution < 1.29 is 19.5 Å². The van der Waals surface area contributed by atoms with Crippen molar-refractivity contribution in [3.05, 3.63) is 95.1 Å². The molecule has 0 saturated heterocycles. The Labute approximate surface area is 168 Å². The highest BCUT2D eigenvalue weighted by Gasteiger charge is 2.17. The molecule has 0 fully saturated rings. The number of aromatic carboxylic acids is 1. The van der Waals surface area contributed by atoms with Crippen molar-refractivity contribution in [2.24, 2.45) is 5.73 Å². The molecule has 0 heterocycles. The Bertz CT molecular complexity index is 1080. The van der Waals surface area contributed by atoms with Gasteiger partial charge >= 0.3 is 5.97 Å². The van der Waals surface area contributed by atoms with Crippen LogP contribution in [0.1, 0.15) is 49.6 Å². The first kappa shape index (κ1) is 19.8. The third-order valence-corrected chi connectivity index (χ3v) is 4.59. The summed E-state index contributed by atoms with van der Waals surface area (Å²) in [5.41, 5.74) is 7.64. The number of carbonyl (C=O) groups excluding carboxylic acids is 2. The van der Waals surface area contributed by atoms with Crippen LogP contribution in [0.25, 0.3) is 11.1 Å². The lowest BCUT2D eigenvalue weighted by molar-refractivity contribution is 0.0696. The molecule has 0 aromatic heterocycles. The minimum Gasteiger partial charge on any atom is -0.478 e. The second-order valence-electron chi connectivity index (χ2n) is 6.62. The molecule has 0 radical (unpaired) electrons. The molecular weight excluding hydrogens is 368 g/mol. The molecule has 0 unspecified atom stereocenters. The highest BCUT2D eigenvalue weighted by Crippen LogP contribution is 2.26. The molecule has 0 saturated carbocycles. The summed E-state index contributed by atoms with van der Waals surface area (Å²) in [7, 11) is 0. The molecule has 6 heteroatoms. The van der Waals surface area contributed by atoms with Crippen molar-refractivity contribution in [2.45, 2.75) is 13.0 Å². The van der Waals surface area contributed by atoms with E-state index < -0.39 is 17.8 Å². The molecule has 6 nitrogen and oxygen atoms in total. The van der Waals surface area contributed by atoms with E-state index in [-0.39, 0.29) is 22.7 Å². The van der Waals surface area contributed by atoms with E-state index in [2.05, 4.69) is 5.32 Å². The molecule has 0 aliphatic carbocycles. The minimum atomic E-state index is -1.17. The number of carbonyl (C=O) groups is 3. The fraction of sp³-hybridized carbons (Fsp3) is 0.0870. The Morgan fingerprint density at radius 3 is 2.17 bits per heavy atom. The van der Waals surface area contributed by atoms with Crippen LogP contribution in [-0.4, -0.2) is 22.9 Å². The smallest absolute Gasteiger partial charge is 0.335 e. The molecule has 146 valence electrons. The number of hydrogen-bond donors (Lipinski definition) is 3. The lowest BCUT2D eigenvalue weighted by atomic mass is 9.95. The molecule has 29 heavy (non-hydrogen) atoms. The van der Waals surface area contributed by atoms with E-state index in [1.54, 1.807) is 30.3 Å². The summed E-state index contributed by atoms with van der Waals surface area (Å²) < 4.78 is 0. The highest BCUT2D eigenvalue weighted by molar-refractivity contribution is 6.03. The predicted molar refractivity (Wildman–Crippen MR) is 110 cm³/mol. The Morgan fingerprint density at radius 2 is 1.52 bits per heavy atom. The highest BCUT2D eigenvalue weighted by atomic mass is 16.4. The minimum absolute atomic E-state index is 0.0562. The van der Waals surface area contributed by atoms with E-state index in [1.165, 1.54) is 12.1 Å². The van der Waals surface area contributed by atoms with Crippen LogP contribution < -0.4 is 11.1 Å². The number of rotatable bonds is 6. The average Bonchev–Trinajstić information content (AvgIpc) is 2.73. The molecule has 0 spiro atoms. The monoisotopic (exact) mass is 388 g/mol. The first-order valence-corrected chi connectivity index (χ1v) is 9.00. The van der Waals surface area contributed by atoms with Gasteiger partial charge in [0.2, 0.25) is 5.91 Å². The van der Waals surface area contributed by atoms with Crippen molar-refractivity contribution >= 4 is 17.8 Å². The molecule has 4 N–H and O–H groups in total. The second-order valence-corrected chi connectivity index (χ2v) is 6.62. The van der Waals surface area contributed by atoms with Gasteiger partial charge in [0.1, 0.15) is 0 Å².